The summed E-state index contributed by atoms with van der Waals surface area (Å²) in [6, 6.07) is -2.54. The second-order valence-electron chi connectivity index (χ2n) is 6.83. The van der Waals surface area contributed by atoms with Gasteiger partial charge in [0, 0.05) is 11.2 Å². The quantitative estimate of drug-likeness (QED) is 0.331. The normalized spacial score (nSPS) is 28.0. The van der Waals surface area contributed by atoms with Gasteiger partial charge in [-0.25, -0.2) is 4.79 Å². The largest absolute Gasteiger partial charge is 0.480 e. The van der Waals surface area contributed by atoms with Gasteiger partial charge in [-0.1, -0.05) is 6.42 Å². The number of nitrogens with one attached hydrogen (secondary N) is 1. The minimum atomic E-state index is -1.07. The van der Waals surface area contributed by atoms with Gasteiger partial charge in [-0.3, -0.25) is 14.4 Å². The third-order valence-corrected chi connectivity index (χ3v) is 6.05. The molecule has 4 atom stereocenters. The summed E-state index contributed by atoms with van der Waals surface area (Å²) in [7, 11) is 0. The fourth-order valence-corrected chi connectivity index (χ4v) is 4.79. The molecule has 0 saturated carbocycles. The molecular formula is C15H23N3O6S. The average Bonchev–Trinajstić information content (AvgIpc) is 2.77. The van der Waals surface area contributed by atoms with E-state index in [1.165, 1.54) is 16.7 Å². The summed E-state index contributed by atoms with van der Waals surface area (Å²) in [4.78, 5) is 47.5. The summed E-state index contributed by atoms with van der Waals surface area (Å²) in [5, 5.41) is 20.3. The molecule has 0 aromatic carbocycles. The van der Waals surface area contributed by atoms with Gasteiger partial charge in [0.05, 0.1) is 0 Å². The lowest BCUT2D eigenvalue weighted by molar-refractivity contribution is -0.161. The molecular weight excluding hydrogens is 350 g/mol. The molecule has 2 rings (SSSR count). The number of hydrogen-bond donors (Lipinski definition) is 4. The van der Waals surface area contributed by atoms with Crippen LogP contribution in [0.5, 0.6) is 0 Å². The molecule has 9 nitrogen and oxygen atoms in total. The average molecular weight is 373 g/mol. The Balaban J connectivity index is 1.81. The Hall–Kier alpha value is -1.81. The van der Waals surface area contributed by atoms with Crippen LogP contribution in [0.1, 0.15) is 39.5 Å². The SMILES string of the molecule is CC1(C)S[C@@H]2[C@H](NC(=O)CCCC[C@H](N)C(=O)O)C(=O)N2[C@H]1C(=O)O. The maximum Gasteiger partial charge on any atom is 0.327 e. The van der Waals surface area contributed by atoms with Crippen molar-refractivity contribution in [3.63, 3.8) is 0 Å². The molecule has 2 aliphatic heterocycles. The van der Waals surface area contributed by atoms with Gasteiger partial charge in [-0.15, -0.1) is 11.8 Å². The Kier molecular flexibility index (Phi) is 5.62. The van der Waals surface area contributed by atoms with Gasteiger partial charge in [0.15, 0.2) is 0 Å². The van der Waals surface area contributed by atoms with E-state index in [2.05, 4.69) is 5.32 Å². The highest BCUT2D eigenvalue weighted by atomic mass is 32.2. The zero-order valence-electron chi connectivity index (χ0n) is 14.1. The number of carbonyl (C=O) groups is 4. The summed E-state index contributed by atoms with van der Waals surface area (Å²) in [5.74, 6) is -2.80. The predicted molar refractivity (Wildman–Crippen MR) is 89.7 cm³/mol. The van der Waals surface area contributed by atoms with Crippen LogP contribution < -0.4 is 11.1 Å². The van der Waals surface area contributed by atoms with Crippen molar-refractivity contribution in [2.75, 3.05) is 0 Å². The minimum Gasteiger partial charge on any atom is -0.480 e. The second-order valence-corrected chi connectivity index (χ2v) is 8.60. The highest BCUT2D eigenvalue weighted by Gasteiger charge is 2.64. The maximum absolute atomic E-state index is 12.2. The zero-order valence-corrected chi connectivity index (χ0v) is 14.9. The molecule has 2 saturated heterocycles. The minimum absolute atomic E-state index is 0.166. The van der Waals surface area contributed by atoms with E-state index in [0.717, 1.165) is 0 Å². The van der Waals surface area contributed by atoms with Crippen molar-refractivity contribution in [1.82, 2.24) is 10.2 Å². The van der Waals surface area contributed by atoms with Crippen molar-refractivity contribution in [3.8, 4) is 0 Å². The number of unbranched alkanes of at least 4 members (excludes halogenated alkanes) is 1. The van der Waals surface area contributed by atoms with Crippen molar-refractivity contribution in [3.05, 3.63) is 0 Å². The van der Waals surface area contributed by atoms with E-state index >= 15 is 0 Å². The standard InChI is InChI=1S/C15H23N3O6S/c1-15(2)10(14(23)24)18-11(20)9(12(18)25-15)17-8(19)6-4-3-5-7(16)13(21)22/h7,9-10,12H,3-6,16H2,1-2H3,(H,17,19)(H,21,22)(H,23,24)/t7-,9+,10-,12+/m0/s1. The first-order valence-electron chi connectivity index (χ1n) is 8.07. The third kappa shape index (κ3) is 3.90. The summed E-state index contributed by atoms with van der Waals surface area (Å²) < 4.78 is -0.626. The molecule has 2 amide bonds. The number of aliphatic carboxylic acids is 2. The maximum atomic E-state index is 12.2. The van der Waals surface area contributed by atoms with E-state index in [9.17, 15) is 24.3 Å². The van der Waals surface area contributed by atoms with Crippen LogP contribution in [-0.4, -0.2) is 67.1 Å². The number of amides is 2. The molecule has 2 aliphatic rings. The number of carboxylic acids is 2. The Morgan fingerprint density at radius 1 is 1.32 bits per heavy atom. The van der Waals surface area contributed by atoms with Gasteiger partial charge in [-0.2, -0.15) is 0 Å². The van der Waals surface area contributed by atoms with Gasteiger partial charge in [0.2, 0.25) is 11.8 Å². The van der Waals surface area contributed by atoms with Crippen LogP contribution in [0, 0.1) is 0 Å². The zero-order chi connectivity index (χ0) is 18.9. The van der Waals surface area contributed by atoms with E-state index in [0.29, 0.717) is 12.8 Å². The van der Waals surface area contributed by atoms with E-state index in [1.807, 2.05) is 0 Å². The number of rotatable bonds is 8. The summed E-state index contributed by atoms with van der Waals surface area (Å²) in [6.45, 7) is 3.54. The highest BCUT2D eigenvalue weighted by Crippen LogP contribution is 2.50. The van der Waals surface area contributed by atoms with E-state index in [4.69, 9.17) is 10.8 Å². The highest BCUT2D eigenvalue weighted by molar-refractivity contribution is 8.01. The Morgan fingerprint density at radius 3 is 2.52 bits per heavy atom. The van der Waals surface area contributed by atoms with Crippen LogP contribution in [0.25, 0.3) is 0 Å². The molecule has 2 fully saturated rings. The number of hydrogen-bond acceptors (Lipinski definition) is 6. The van der Waals surface area contributed by atoms with Gasteiger partial charge < -0.3 is 26.2 Å². The van der Waals surface area contributed by atoms with E-state index in [-0.39, 0.29) is 30.0 Å². The van der Waals surface area contributed by atoms with Crippen molar-refractivity contribution >= 4 is 35.5 Å². The fraction of sp³-hybridized carbons (Fsp3) is 0.733. The van der Waals surface area contributed by atoms with Crippen molar-refractivity contribution in [2.24, 2.45) is 5.73 Å². The summed E-state index contributed by atoms with van der Waals surface area (Å²) in [5.41, 5.74) is 5.38. The Morgan fingerprint density at radius 2 is 1.96 bits per heavy atom. The summed E-state index contributed by atoms with van der Waals surface area (Å²) >= 11 is 1.37. The molecule has 0 aromatic heterocycles. The van der Waals surface area contributed by atoms with Gasteiger partial charge >= 0.3 is 11.9 Å². The Bertz CT molecular complexity index is 596. The van der Waals surface area contributed by atoms with Crippen molar-refractivity contribution in [2.45, 2.75) is 67.8 Å². The molecule has 140 valence electrons. The topological polar surface area (TPSA) is 150 Å². The number of nitrogens with zero attached hydrogens (tertiary/aromatic N) is 1. The fourth-order valence-electron chi connectivity index (χ4n) is 3.16. The molecule has 0 radical (unpaired) electrons. The first-order valence-corrected chi connectivity index (χ1v) is 8.95. The third-order valence-electron chi connectivity index (χ3n) is 4.48. The van der Waals surface area contributed by atoms with Crippen LogP contribution >= 0.6 is 11.8 Å². The van der Waals surface area contributed by atoms with Gasteiger partial charge in [-0.05, 0) is 26.7 Å². The number of fused-ring (bicyclic) bond motifs is 1. The lowest BCUT2D eigenvalue weighted by atomic mass is 9.96. The molecule has 0 bridgehead atoms. The van der Waals surface area contributed by atoms with E-state index < -0.39 is 34.8 Å². The van der Waals surface area contributed by atoms with Gasteiger partial charge in [0.25, 0.3) is 0 Å². The number of nitrogens with two attached hydrogens (primary N) is 1. The molecule has 25 heavy (non-hydrogen) atoms. The molecule has 0 aliphatic carbocycles. The second kappa shape index (κ2) is 7.20. The molecule has 10 heteroatoms. The molecule has 0 unspecified atom stereocenters. The number of carbonyl (C=O) groups excluding carboxylic acids is 2. The van der Waals surface area contributed by atoms with Crippen LogP contribution in [0.3, 0.4) is 0 Å². The van der Waals surface area contributed by atoms with Gasteiger partial charge in [0.1, 0.15) is 23.5 Å². The molecule has 2 heterocycles. The molecule has 0 aromatic rings. The number of carboxylic acid groups (broad SMARTS) is 2. The van der Waals surface area contributed by atoms with Crippen LogP contribution in [0.15, 0.2) is 0 Å². The first-order chi connectivity index (χ1) is 11.6. The van der Waals surface area contributed by atoms with Crippen LogP contribution in [0.4, 0.5) is 0 Å². The van der Waals surface area contributed by atoms with Crippen molar-refractivity contribution in [1.29, 1.82) is 0 Å². The predicted octanol–water partition coefficient (Wildman–Crippen LogP) is -0.410. The first kappa shape index (κ1) is 19.5. The Labute approximate surface area is 149 Å². The lowest BCUT2D eigenvalue weighted by Crippen LogP contribution is -2.70. The van der Waals surface area contributed by atoms with E-state index in [1.54, 1.807) is 13.8 Å². The smallest absolute Gasteiger partial charge is 0.327 e. The monoisotopic (exact) mass is 373 g/mol. The number of thioether (sulfide) groups is 1. The lowest BCUT2D eigenvalue weighted by Gasteiger charge is -2.43. The molecule has 5 N–H and O–H groups in total. The number of β-lactam (4-membered cyclic amide) rings is 1. The summed E-state index contributed by atoms with van der Waals surface area (Å²) in [6.07, 6.45) is 1.42. The van der Waals surface area contributed by atoms with Crippen LogP contribution in [0.2, 0.25) is 0 Å². The van der Waals surface area contributed by atoms with Crippen LogP contribution in [-0.2, 0) is 19.2 Å². The van der Waals surface area contributed by atoms with Crippen molar-refractivity contribution < 1.29 is 29.4 Å². The molecule has 0 spiro atoms.